The van der Waals surface area contributed by atoms with Gasteiger partial charge in [-0.2, -0.15) is 0 Å². The Morgan fingerprint density at radius 2 is 2.29 bits per heavy atom. The molecule has 0 bridgehead atoms. The van der Waals surface area contributed by atoms with E-state index in [0.29, 0.717) is 19.8 Å². The lowest BCUT2D eigenvalue weighted by Gasteiger charge is -2.31. The lowest BCUT2D eigenvalue weighted by molar-refractivity contribution is 0.146. The molecule has 0 spiro atoms. The number of benzene rings is 1. The number of ether oxygens (including phenoxy) is 2. The molecule has 0 saturated heterocycles. The average Bonchev–Trinajstić information content (AvgIpc) is 2.34. The summed E-state index contributed by atoms with van der Waals surface area (Å²) >= 11 is 0. The van der Waals surface area contributed by atoms with Crippen LogP contribution >= 0.6 is 0 Å². The first-order valence-electron chi connectivity index (χ1n) is 6.07. The second-order valence-corrected chi connectivity index (χ2v) is 4.21. The van der Waals surface area contributed by atoms with Gasteiger partial charge in [-0.05, 0) is 24.6 Å². The van der Waals surface area contributed by atoms with E-state index in [2.05, 4.69) is 30.0 Å². The molecular formula is C13H20N2O2. The Kier molecular flexibility index (Phi) is 4.23. The first-order chi connectivity index (χ1) is 8.31. The molecule has 0 atom stereocenters. The summed E-state index contributed by atoms with van der Waals surface area (Å²) in [6, 6.07) is 6.32. The van der Waals surface area contributed by atoms with Gasteiger partial charge in [0.15, 0.2) is 0 Å². The van der Waals surface area contributed by atoms with Gasteiger partial charge in [0, 0.05) is 13.1 Å². The minimum Gasteiger partial charge on any atom is -0.490 e. The molecule has 1 aromatic carbocycles. The molecule has 17 heavy (non-hydrogen) atoms. The van der Waals surface area contributed by atoms with Crippen molar-refractivity contribution in [2.24, 2.45) is 5.73 Å². The van der Waals surface area contributed by atoms with Crippen molar-refractivity contribution >= 4 is 5.69 Å². The summed E-state index contributed by atoms with van der Waals surface area (Å²) in [4.78, 5) is 2.30. The zero-order chi connectivity index (χ0) is 12.1. The first kappa shape index (κ1) is 12.2. The van der Waals surface area contributed by atoms with E-state index in [4.69, 9.17) is 15.2 Å². The van der Waals surface area contributed by atoms with Gasteiger partial charge in [-0.25, -0.2) is 0 Å². The second-order valence-electron chi connectivity index (χ2n) is 4.21. The third kappa shape index (κ3) is 3.11. The predicted octanol–water partition coefficient (Wildman–Crippen LogP) is 1.17. The third-order valence-electron chi connectivity index (χ3n) is 2.84. The summed E-state index contributed by atoms with van der Waals surface area (Å²) in [5.74, 6) is 0.982. The average molecular weight is 236 g/mol. The van der Waals surface area contributed by atoms with Crippen LogP contribution in [0, 0.1) is 6.92 Å². The predicted molar refractivity (Wildman–Crippen MR) is 68.8 cm³/mol. The molecule has 0 unspecified atom stereocenters. The molecule has 4 nitrogen and oxygen atoms in total. The number of fused-ring (bicyclic) bond motifs is 1. The molecule has 1 heterocycles. The molecule has 94 valence electrons. The first-order valence-corrected chi connectivity index (χ1v) is 6.07. The zero-order valence-electron chi connectivity index (χ0n) is 10.3. The summed E-state index contributed by atoms with van der Waals surface area (Å²) in [5.41, 5.74) is 7.77. The number of hydrogen-bond acceptors (Lipinski definition) is 4. The highest BCUT2D eigenvalue weighted by atomic mass is 16.5. The smallest absolute Gasteiger partial charge is 0.142 e. The molecule has 2 rings (SSSR count). The Balaban J connectivity index is 1.97. The van der Waals surface area contributed by atoms with Crippen molar-refractivity contribution in [3.05, 3.63) is 23.8 Å². The SMILES string of the molecule is Cc1ccc2c(c1)OCCN2CCOCCN. The van der Waals surface area contributed by atoms with E-state index in [1.807, 2.05) is 0 Å². The zero-order valence-corrected chi connectivity index (χ0v) is 10.3. The van der Waals surface area contributed by atoms with E-state index in [1.165, 1.54) is 5.56 Å². The molecule has 4 heteroatoms. The van der Waals surface area contributed by atoms with Crippen molar-refractivity contribution in [2.45, 2.75) is 6.92 Å². The standard InChI is InChI=1S/C13H20N2O2/c1-11-2-3-12-13(10-11)17-9-6-15(12)5-8-16-7-4-14/h2-3,10H,4-9,14H2,1H3. The lowest BCUT2D eigenvalue weighted by Crippen LogP contribution is -2.35. The maximum Gasteiger partial charge on any atom is 0.142 e. The van der Waals surface area contributed by atoms with Gasteiger partial charge < -0.3 is 20.1 Å². The molecule has 2 N–H and O–H groups in total. The van der Waals surface area contributed by atoms with E-state index < -0.39 is 0 Å². The van der Waals surface area contributed by atoms with Crippen LogP contribution in [0.25, 0.3) is 0 Å². The van der Waals surface area contributed by atoms with Crippen LogP contribution in [0.5, 0.6) is 5.75 Å². The van der Waals surface area contributed by atoms with E-state index in [1.54, 1.807) is 0 Å². The monoisotopic (exact) mass is 236 g/mol. The quantitative estimate of drug-likeness (QED) is 0.780. The van der Waals surface area contributed by atoms with E-state index in [9.17, 15) is 0 Å². The van der Waals surface area contributed by atoms with E-state index in [0.717, 1.165) is 31.1 Å². The molecule has 0 radical (unpaired) electrons. The highest BCUT2D eigenvalue weighted by Gasteiger charge is 2.17. The van der Waals surface area contributed by atoms with Gasteiger partial charge in [-0.3, -0.25) is 0 Å². The number of nitrogens with two attached hydrogens (primary N) is 1. The topological polar surface area (TPSA) is 47.7 Å². The van der Waals surface area contributed by atoms with Crippen molar-refractivity contribution in [3.63, 3.8) is 0 Å². The highest BCUT2D eigenvalue weighted by Crippen LogP contribution is 2.31. The van der Waals surface area contributed by atoms with Crippen LogP contribution in [-0.4, -0.2) is 39.5 Å². The molecule has 1 aromatic rings. The maximum atomic E-state index is 5.66. The summed E-state index contributed by atoms with van der Waals surface area (Å²) in [6.45, 7) is 6.55. The number of anilines is 1. The number of rotatable bonds is 5. The minimum atomic E-state index is 0.582. The van der Waals surface area contributed by atoms with Crippen LogP contribution < -0.4 is 15.4 Å². The summed E-state index contributed by atoms with van der Waals surface area (Å²) < 4.78 is 11.1. The molecular weight excluding hydrogens is 216 g/mol. The molecule has 1 aliphatic rings. The largest absolute Gasteiger partial charge is 0.490 e. The number of nitrogens with zero attached hydrogens (tertiary/aromatic N) is 1. The van der Waals surface area contributed by atoms with Crippen LogP contribution in [0.1, 0.15) is 5.56 Å². The molecule has 0 aliphatic carbocycles. The lowest BCUT2D eigenvalue weighted by atomic mass is 10.1. The van der Waals surface area contributed by atoms with Gasteiger partial charge >= 0.3 is 0 Å². The Morgan fingerprint density at radius 1 is 1.41 bits per heavy atom. The minimum absolute atomic E-state index is 0.582. The molecule has 0 aromatic heterocycles. The fourth-order valence-electron chi connectivity index (χ4n) is 1.98. The summed E-state index contributed by atoms with van der Waals surface area (Å²) in [6.07, 6.45) is 0. The fraction of sp³-hybridized carbons (Fsp3) is 0.538. The van der Waals surface area contributed by atoms with Crippen molar-refractivity contribution in [2.75, 3.05) is 44.4 Å². The number of aryl methyl sites for hydroxylation is 1. The second kappa shape index (κ2) is 5.89. The Morgan fingerprint density at radius 3 is 3.12 bits per heavy atom. The summed E-state index contributed by atoms with van der Waals surface area (Å²) in [5, 5.41) is 0. The Bertz CT molecular complexity index is 368. The Labute approximate surface area is 102 Å². The maximum absolute atomic E-state index is 5.66. The van der Waals surface area contributed by atoms with Gasteiger partial charge in [0.25, 0.3) is 0 Å². The van der Waals surface area contributed by atoms with Crippen LogP contribution in [0.4, 0.5) is 5.69 Å². The molecule has 0 amide bonds. The van der Waals surface area contributed by atoms with Crippen LogP contribution in [0.3, 0.4) is 0 Å². The third-order valence-corrected chi connectivity index (χ3v) is 2.84. The molecule has 0 fully saturated rings. The van der Waals surface area contributed by atoms with E-state index in [-0.39, 0.29) is 0 Å². The highest BCUT2D eigenvalue weighted by molar-refractivity contribution is 5.60. The number of hydrogen-bond donors (Lipinski definition) is 1. The van der Waals surface area contributed by atoms with Gasteiger partial charge in [-0.15, -0.1) is 0 Å². The van der Waals surface area contributed by atoms with E-state index >= 15 is 0 Å². The van der Waals surface area contributed by atoms with Crippen LogP contribution in [-0.2, 0) is 4.74 Å². The molecule has 1 aliphatic heterocycles. The molecule has 0 saturated carbocycles. The normalized spacial score (nSPS) is 14.4. The van der Waals surface area contributed by atoms with Crippen LogP contribution in [0.2, 0.25) is 0 Å². The van der Waals surface area contributed by atoms with Crippen molar-refractivity contribution in [3.8, 4) is 5.75 Å². The fourth-order valence-corrected chi connectivity index (χ4v) is 1.98. The van der Waals surface area contributed by atoms with Crippen molar-refractivity contribution in [1.82, 2.24) is 0 Å². The summed E-state index contributed by atoms with van der Waals surface area (Å²) in [7, 11) is 0. The van der Waals surface area contributed by atoms with Crippen LogP contribution in [0.15, 0.2) is 18.2 Å². The van der Waals surface area contributed by atoms with Crippen molar-refractivity contribution in [1.29, 1.82) is 0 Å². The van der Waals surface area contributed by atoms with Gasteiger partial charge in [0.05, 0.1) is 25.4 Å². The van der Waals surface area contributed by atoms with Crippen molar-refractivity contribution < 1.29 is 9.47 Å². The van der Waals surface area contributed by atoms with Gasteiger partial charge in [-0.1, -0.05) is 6.07 Å². The Hall–Kier alpha value is -1.26. The van der Waals surface area contributed by atoms with Gasteiger partial charge in [0.2, 0.25) is 0 Å². The van der Waals surface area contributed by atoms with Gasteiger partial charge in [0.1, 0.15) is 12.4 Å².